The van der Waals surface area contributed by atoms with Crippen molar-refractivity contribution in [3.05, 3.63) is 91.8 Å². The summed E-state index contributed by atoms with van der Waals surface area (Å²) in [6.07, 6.45) is 2.96. The Morgan fingerprint density at radius 3 is 2.53 bits per heavy atom. The number of benzene rings is 2. The van der Waals surface area contributed by atoms with Crippen molar-refractivity contribution in [3.8, 4) is 23.2 Å². The van der Waals surface area contributed by atoms with Crippen molar-refractivity contribution in [2.24, 2.45) is 0 Å². The van der Waals surface area contributed by atoms with E-state index in [-0.39, 0.29) is 17.0 Å². The SMILES string of the molecule is N#CCOc1ccc2c(c1)c(=O)n(-c1cccnc1)c(=O)n2-c1ccc(Cl)c(Cl)c1. The smallest absolute Gasteiger partial charge is 0.340 e. The van der Waals surface area contributed by atoms with Crippen LogP contribution in [0.4, 0.5) is 0 Å². The molecule has 0 saturated carbocycles. The first-order chi connectivity index (χ1) is 14.5. The van der Waals surface area contributed by atoms with E-state index in [1.165, 1.54) is 16.8 Å². The third-order valence-electron chi connectivity index (χ3n) is 4.39. The van der Waals surface area contributed by atoms with Crippen LogP contribution in [0.1, 0.15) is 0 Å². The maximum atomic E-state index is 13.4. The van der Waals surface area contributed by atoms with Crippen molar-refractivity contribution >= 4 is 34.1 Å². The molecule has 0 aliphatic heterocycles. The number of nitrogens with zero attached hydrogens (tertiary/aromatic N) is 4. The van der Waals surface area contributed by atoms with E-state index in [4.69, 9.17) is 33.2 Å². The van der Waals surface area contributed by atoms with Crippen molar-refractivity contribution in [1.29, 1.82) is 5.26 Å². The highest BCUT2D eigenvalue weighted by molar-refractivity contribution is 6.42. The highest BCUT2D eigenvalue weighted by Crippen LogP contribution is 2.26. The molecule has 0 aliphatic carbocycles. The zero-order chi connectivity index (χ0) is 21.3. The molecule has 0 bridgehead atoms. The fourth-order valence-electron chi connectivity index (χ4n) is 3.08. The van der Waals surface area contributed by atoms with Crippen LogP contribution >= 0.6 is 23.2 Å². The molecule has 2 aromatic carbocycles. The molecule has 0 atom stereocenters. The van der Waals surface area contributed by atoms with Gasteiger partial charge in [-0.15, -0.1) is 0 Å². The van der Waals surface area contributed by atoms with Crippen LogP contribution in [0.5, 0.6) is 5.75 Å². The fourth-order valence-corrected chi connectivity index (χ4v) is 3.38. The Balaban J connectivity index is 2.11. The molecule has 2 aromatic heterocycles. The topological polar surface area (TPSA) is 89.9 Å². The molecule has 7 nitrogen and oxygen atoms in total. The number of nitriles is 1. The molecule has 4 rings (SSSR count). The number of rotatable bonds is 4. The van der Waals surface area contributed by atoms with E-state index in [2.05, 4.69) is 4.98 Å². The van der Waals surface area contributed by atoms with Gasteiger partial charge in [0, 0.05) is 6.20 Å². The van der Waals surface area contributed by atoms with Gasteiger partial charge >= 0.3 is 5.69 Å². The lowest BCUT2D eigenvalue weighted by Crippen LogP contribution is -2.38. The van der Waals surface area contributed by atoms with Crippen LogP contribution in [0.3, 0.4) is 0 Å². The Morgan fingerprint density at radius 2 is 1.83 bits per heavy atom. The Bertz CT molecular complexity index is 1420. The lowest BCUT2D eigenvalue weighted by atomic mass is 10.2. The zero-order valence-corrected chi connectivity index (χ0v) is 16.8. The summed E-state index contributed by atoms with van der Waals surface area (Å²) in [4.78, 5) is 30.6. The van der Waals surface area contributed by atoms with E-state index < -0.39 is 11.2 Å². The van der Waals surface area contributed by atoms with Crippen LogP contribution in [0.25, 0.3) is 22.3 Å². The monoisotopic (exact) mass is 438 g/mol. The highest BCUT2D eigenvalue weighted by atomic mass is 35.5. The average Bonchev–Trinajstić information content (AvgIpc) is 2.76. The Morgan fingerprint density at radius 1 is 1.00 bits per heavy atom. The molecule has 30 heavy (non-hydrogen) atoms. The normalized spacial score (nSPS) is 10.7. The van der Waals surface area contributed by atoms with Gasteiger partial charge in [0.2, 0.25) is 0 Å². The summed E-state index contributed by atoms with van der Waals surface area (Å²) in [5.74, 6) is 0.332. The average molecular weight is 439 g/mol. The maximum absolute atomic E-state index is 13.4. The first-order valence-electron chi connectivity index (χ1n) is 8.68. The number of fused-ring (bicyclic) bond motifs is 1. The molecule has 0 radical (unpaired) electrons. The van der Waals surface area contributed by atoms with Crippen LogP contribution in [0.2, 0.25) is 10.0 Å². The van der Waals surface area contributed by atoms with Gasteiger partial charge in [0.1, 0.15) is 11.8 Å². The molecular weight excluding hydrogens is 427 g/mol. The van der Waals surface area contributed by atoms with Crippen LogP contribution in [0.15, 0.2) is 70.5 Å². The van der Waals surface area contributed by atoms with Gasteiger partial charge in [-0.05, 0) is 48.5 Å². The van der Waals surface area contributed by atoms with Gasteiger partial charge in [-0.2, -0.15) is 5.26 Å². The molecule has 0 amide bonds. The number of pyridine rings is 1. The van der Waals surface area contributed by atoms with E-state index in [0.29, 0.717) is 27.7 Å². The minimum absolute atomic E-state index is 0.172. The minimum Gasteiger partial charge on any atom is -0.479 e. The lowest BCUT2D eigenvalue weighted by molar-refractivity contribution is 0.368. The standard InChI is InChI=1S/C21H12Cl2N4O3/c22-17-5-3-13(10-18(17)23)26-19-6-4-15(30-9-7-24)11-16(19)20(28)27(21(26)29)14-2-1-8-25-12-14/h1-6,8,10-12H,9H2. The van der Waals surface area contributed by atoms with E-state index in [0.717, 1.165) is 4.57 Å². The number of ether oxygens (including phenoxy) is 1. The van der Waals surface area contributed by atoms with Gasteiger partial charge in [0.05, 0.1) is 38.5 Å². The molecule has 0 N–H and O–H groups in total. The predicted molar refractivity (Wildman–Crippen MR) is 114 cm³/mol. The first kappa shape index (κ1) is 19.7. The van der Waals surface area contributed by atoms with E-state index in [1.54, 1.807) is 48.7 Å². The molecule has 0 aliphatic rings. The molecule has 148 valence electrons. The van der Waals surface area contributed by atoms with Gasteiger partial charge in [0.25, 0.3) is 5.56 Å². The number of hydrogen-bond acceptors (Lipinski definition) is 5. The third kappa shape index (κ3) is 3.43. The van der Waals surface area contributed by atoms with E-state index >= 15 is 0 Å². The molecule has 4 aromatic rings. The fraction of sp³-hybridized carbons (Fsp3) is 0.0476. The summed E-state index contributed by atoms with van der Waals surface area (Å²) in [5, 5.41) is 9.58. The summed E-state index contributed by atoms with van der Waals surface area (Å²) in [5.41, 5.74) is -0.0339. The van der Waals surface area contributed by atoms with E-state index in [9.17, 15) is 9.59 Å². The van der Waals surface area contributed by atoms with Crippen LogP contribution in [-0.2, 0) is 0 Å². The highest BCUT2D eigenvalue weighted by Gasteiger charge is 2.17. The molecular formula is C21H12Cl2N4O3. The maximum Gasteiger partial charge on any atom is 0.340 e. The molecule has 0 saturated heterocycles. The van der Waals surface area contributed by atoms with Crippen molar-refractivity contribution in [2.75, 3.05) is 6.61 Å². The zero-order valence-electron chi connectivity index (χ0n) is 15.3. The Labute approximate surface area is 179 Å². The van der Waals surface area contributed by atoms with Gasteiger partial charge < -0.3 is 4.74 Å². The Hall–Kier alpha value is -3.60. The van der Waals surface area contributed by atoms with Crippen molar-refractivity contribution in [2.45, 2.75) is 0 Å². The number of hydrogen-bond donors (Lipinski definition) is 0. The van der Waals surface area contributed by atoms with E-state index in [1.807, 2.05) is 6.07 Å². The van der Waals surface area contributed by atoms with Crippen LogP contribution in [-0.4, -0.2) is 20.7 Å². The van der Waals surface area contributed by atoms with Gasteiger partial charge in [-0.1, -0.05) is 23.2 Å². The summed E-state index contributed by atoms with van der Waals surface area (Å²) in [6, 6.07) is 14.5. The van der Waals surface area contributed by atoms with Crippen molar-refractivity contribution < 1.29 is 4.74 Å². The second-order valence-electron chi connectivity index (χ2n) is 6.19. The molecule has 2 heterocycles. The van der Waals surface area contributed by atoms with Crippen LogP contribution in [0, 0.1) is 11.3 Å². The second-order valence-corrected chi connectivity index (χ2v) is 7.01. The third-order valence-corrected chi connectivity index (χ3v) is 5.13. The summed E-state index contributed by atoms with van der Waals surface area (Å²) in [6.45, 7) is -0.172. The summed E-state index contributed by atoms with van der Waals surface area (Å²) in [7, 11) is 0. The molecule has 9 heteroatoms. The second kappa shape index (κ2) is 8.03. The predicted octanol–water partition coefficient (Wildman–Crippen LogP) is 3.75. The number of aromatic nitrogens is 3. The molecule has 0 unspecified atom stereocenters. The van der Waals surface area contributed by atoms with Crippen molar-refractivity contribution in [1.82, 2.24) is 14.1 Å². The van der Waals surface area contributed by atoms with Gasteiger partial charge in [-0.3, -0.25) is 14.3 Å². The Kier molecular flexibility index (Phi) is 5.27. The largest absolute Gasteiger partial charge is 0.479 e. The summed E-state index contributed by atoms with van der Waals surface area (Å²) >= 11 is 12.2. The number of halogens is 2. The van der Waals surface area contributed by atoms with Gasteiger partial charge in [-0.25, -0.2) is 9.36 Å². The lowest BCUT2D eigenvalue weighted by Gasteiger charge is -2.15. The minimum atomic E-state index is -0.593. The molecule has 0 fully saturated rings. The first-order valence-corrected chi connectivity index (χ1v) is 9.44. The van der Waals surface area contributed by atoms with Crippen molar-refractivity contribution in [3.63, 3.8) is 0 Å². The molecule has 0 spiro atoms. The van der Waals surface area contributed by atoms with Gasteiger partial charge in [0.15, 0.2) is 6.61 Å². The van der Waals surface area contributed by atoms with Crippen LogP contribution < -0.4 is 16.0 Å². The quantitative estimate of drug-likeness (QED) is 0.483. The summed E-state index contributed by atoms with van der Waals surface area (Å²) < 4.78 is 7.71.